The Hall–Kier alpha value is -4.19. The fourth-order valence-electron chi connectivity index (χ4n) is 4.83. The lowest BCUT2D eigenvalue weighted by Gasteiger charge is -2.15. The number of carbonyl (C=O) groups excluding carboxylic acids is 1. The van der Waals surface area contributed by atoms with Gasteiger partial charge in [-0.3, -0.25) is 4.79 Å². The summed E-state index contributed by atoms with van der Waals surface area (Å²) < 4.78 is 22.9. The molecular formula is C31H31NO5. The van der Waals surface area contributed by atoms with E-state index in [-0.39, 0.29) is 12.7 Å². The third-order valence-electron chi connectivity index (χ3n) is 6.68. The van der Waals surface area contributed by atoms with Gasteiger partial charge in [0.1, 0.15) is 11.3 Å². The van der Waals surface area contributed by atoms with Gasteiger partial charge in [-0.05, 0) is 75.1 Å². The highest BCUT2D eigenvalue weighted by atomic mass is 16.7. The number of benzene rings is 3. The monoisotopic (exact) mass is 497 g/mol. The fraction of sp³-hybridized carbons (Fsp3) is 0.258. The first kappa shape index (κ1) is 24.5. The molecule has 6 heteroatoms. The number of furan rings is 1. The zero-order valence-corrected chi connectivity index (χ0v) is 21.9. The summed E-state index contributed by atoms with van der Waals surface area (Å²) in [5.74, 6) is 1.97. The molecule has 190 valence electrons. The molecule has 0 fully saturated rings. The molecule has 1 amide bonds. The molecule has 0 saturated heterocycles. The second-order valence-corrected chi connectivity index (χ2v) is 9.39. The minimum atomic E-state index is -0.183. The van der Waals surface area contributed by atoms with Gasteiger partial charge in [0.05, 0.1) is 12.9 Å². The Bertz CT molecular complexity index is 1530. The van der Waals surface area contributed by atoms with Crippen molar-refractivity contribution < 1.29 is 23.4 Å². The molecule has 3 aromatic carbocycles. The number of allylic oxidation sites excluding steroid dienone is 1. The lowest BCUT2D eigenvalue weighted by atomic mass is 9.94. The lowest BCUT2D eigenvalue weighted by molar-refractivity contribution is -0.116. The third kappa shape index (κ3) is 4.79. The van der Waals surface area contributed by atoms with E-state index in [1.54, 1.807) is 6.08 Å². The number of hydrogen-bond donors (Lipinski definition) is 1. The molecule has 6 nitrogen and oxygen atoms in total. The van der Waals surface area contributed by atoms with E-state index in [0.29, 0.717) is 18.9 Å². The average Bonchev–Trinajstić information content (AvgIpc) is 3.51. The second-order valence-electron chi connectivity index (χ2n) is 9.39. The zero-order valence-electron chi connectivity index (χ0n) is 21.9. The highest BCUT2D eigenvalue weighted by Gasteiger charge is 2.20. The van der Waals surface area contributed by atoms with Crippen molar-refractivity contribution in [2.45, 2.75) is 41.2 Å². The molecule has 0 unspecified atom stereocenters. The Kier molecular flexibility index (Phi) is 6.66. The van der Waals surface area contributed by atoms with Crippen LogP contribution in [0, 0.1) is 20.8 Å². The van der Waals surface area contributed by atoms with Crippen molar-refractivity contribution in [1.29, 1.82) is 0 Å². The zero-order chi connectivity index (χ0) is 26.1. The van der Waals surface area contributed by atoms with Gasteiger partial charge in [-0.1, -0.05) is 29.8 Å². The van der Waals surface area contributed by atoms with Gasteiger partial charge < -0.3 is 23.9 Å². The Morgan fingerprint density at radius 1 is 1.03 bits per heavy atom. The summed E-state index contributed by atoms with van der Waals surface area (Å²) in [4.78, 5) is 12.9. The average molecular weight is 498 g/mol. The molecule has 1 N–H and O–H groups in total. The Labute approximate surface area is 216 Å². The Morgan fingerprint density at radius 2 is 1.84 bits per heavy atom. The first-order valence-corrected chi connectivity index (χ1v) is 12.5. The maximum absolute atomic E-state index is 12.9. The number of carbonyl (C=O) groups is 1. The van der Waals surface area contributed by atoms with Gasteiger partial charge in [0, 0.05) is 34.7 Å². The third-order valence-corrected chi connectivity index (χ3v) is 6.68. The van der Waals surface area contributed by atoms with Crippen LogP contribution in [-0.4, -0.2) is 19.3 Å². The number of amides is 1. The van der Waals surface area contributed by atoms with Gasteiger partial charge in [-0.2, -0.15) is 0 Å². The molecule has 2 heterocycles. The first-order chi connectivity index (χ1) is 17.9. The van der Waals surface area contributed by atoms with Crippen LogP contribution in [0.25, 0.3) is 27.7 Å². The van der Waals surface area contributed by atoms with E-state index in [1.807, 2.05) is 45.2 Å². The number of nitrogens with one attached hydrogen (secondary N) is 1. The topological polar surface area (TPSA) is 69.9 Å². The van der Waals surface area contributed by atoms with Gasteiger partial charge >= 0.3 is 0 Å². The van der Waals surface area contributed by atoms with Gasteiger partial charge in [-0.25, -0.2) is 0 Å². The normalized spacial score (nSPS) is 12.7. The highest BCUT2D eigenvalue weighted by molar-refractivity contribution is 6.02. The molecule has 0 bridgehead atoms. The predicted octanol–water partition coefficient (Wildman–Crippen LogP) is 6.87. The minimum Gasteiger partial charge on any atom is -0.493 e. The van der Waals surface area contributed by atoms with Crippen LogP contribution >= 0.6 is 0 Å². The Morgan fingerprint density at radius 3 is 2.62 bits per heavy atom. The van der Waals surface area contributed by atoms with E-state index in [1.165, 1.54) is 11.1 Å². The Balaban J connectivity index is 1.47. The van der Waals surface area contributed by atoms with E-state index < -0.39 is 0 Å². The second kappa shape index (κ2) is 10.1. The molecule has 0 saturated carbocycles. The summed E-state index contributed by atoms with van der Waals surface area (Å²) in [5.41, 5.74) is 8.89. The standard InChI is InChI=1S/C31H31NO5/c1-6-34-30-21(5)31-25(26(16-35-31)23-9-7-18(2)11-19(23)3)14-24(30)20(4)12-29(33)32-15-22-8-10-27-28(13-22)37-17-36-27/h7-14,16H,6,15,17H2,1-5H3,(H,32,33)/b20-12+. The molecule has 0 atom stereocenters. The van der Waals surface area contributed by atoms with Crippen LogP contribution in [0.2, 0.25) is 0 Å². The summed E-state index contributed by atoms with van der Waals surface area (Å²) in [6.07, 6.45) is 3.43. The summed E-state index contributed by atoms with van der Waals surface area (Å²) in [6.45, 7) is 11.2. The lowest BCUT2D eigenvalue weighted by Crippen LogP contribution is -2.20. The van der Waals surface area contributed by atoms with Crippen LogP contribution in [0.5, 0.6) is 17.2 Å². The van der Waals surface area contributed by atoms with E-state index in [4.69, 9.17) is 18.6 Å². The molecule has 0 spiro atoms. The molecule has 5 rings (SSSR count). The molecule has 1 aliphatic heterocycles. The molecule has 0 radical (unpaired) electrons. The molecule has 37 heavy (non-hydrogen) atoms. The molecule has 1 aliphatic rings. The predicted molar refractivity (Wildman–Crippen MR) is 145 cm³/mol. The maximum atomic E-state index is 12.9. The summed E-state index contributed by atoms with van der Waals surface area (Å²) in [5, 5.41) is 3.96. The van der Waals surface area contributed by atoms with Crippen LogP contribution in [-0.2, 0) is 11.3 Å². The van der Waals surface area contributed by atoms with Gasteiger partial charge in [0.25, 0.3) is 0 Å². The highest BCUT2D eigenvalue weighted by Crippen LogP contribution is 2.41. The van der Waals surface area contributed by atoms with Crippen molar-refractivity contribution in [1.82, 2.24) is 5.32 Å². The molecular weight excluding hydrogens is 466 g/mol. The van der Waals surface area contributed by atoms with Gasteiger partial charge in [-0.15, -0.1) is 0 Å². The van der Waals surface area contributed by atoms with E-state index in [9.17, 15) is 4.79 Å². The number of rotatable bonds is 7. The number of ether oxygens (including phenoxy) is 3. The molecule has 1 aromatic heterocycles. The van der Waals surface area contributed by atoms with Crippen LogP contribution in [0.1, 0.15) is 41.7 Å². The van der Waals surface area contributed by atoms with Crippen molar-refractivity contribution in [2.75, 3.05) is 13.4 Å². The largest absolute Gasteiger partial charge is 0.493 e. The van der Waals surface area contributed by atoms with Crippen LogP contribution in [0.3, 0.4) is 0 Å². The van der Waals surface area contributed by atoms with Crippen LogP contribution in [0.4, 0.5) is 0 Å². The summed E-state index contributed by atoms with van der Waals surface area (Å²) >= 11 is 0. The maximum Gasteiger partial charge on any atom is 0.244 e. The molecule has 4 aromatic rings. The number of fused-ring (bicyclic) bond motifs is 2. The van der Waals surface area contributed by atoms with Crippen molar-refractivity contribution in [3.05, 3.63) is 82.6 Å². The van der Waals surface area contributed by atoms with Gasteiger partial charge in [0.2, 0.25) is 12.7 Å². The number of hydrogen-bond acceptors (Lipinski definition) is 5. The van der Waals surface area contributed by atoms with E-state index in [0.717, 1.165) is 55.9 Å². The summed E-state index contributed by atoms with van der Waals surface area (Å²) in [6, 6.07) is 14.1. The van der Waals surface area contributed by atoms with Crippen molar-refractivity contribution >= 4 is 22.4 Å². The first-order valence-electron chi connectivity index (χ1n) is 12.5. The van der Waals surface area contributed by atoms with Crippen LogP contribution < -0.4 is 19.5 Å². The fourth-order valence-corrected chi connectivity index (χ4v) is 4.83. The van der Waals surface area contributed by atoms with Crippen molar-refractivity contribution in [2.24, 2.45) is 0 Å². The van der Waals surface area contributed by atoms with E-state index >= 15 is 0 Å². The quantitative estimate of drug-likeness (QED) is 0.282. The number of aryl methyl sites for hydroxylation is 3. The SMILES string of the molecule is CCOc1c(/C(C)=C/C(=O)NCc2ccc3c(c2)OCO3)cc2c(-c3ccc(C)cc3C)coc2c1C. The van der Waals surface area contributed by atoms with Crippen molar-refractivity contribution in [3.8, 4) is 28.4 Å². The minimum absolute atomic E-state index is 0.183. The summed E-state index contributed by atoms with van der Waals surface area (Å²) in [7, 11) is 0. The molecule has 0 aliphatic carbocycles. The van der Waals surface area contributed by atoms with Crippen LogP contribution in [0.15, 0.2) is 59.2 Å². The smallest absolute Gasteiger partial charge is 0.244 e. The van der Waals surface area contributed by atoms with E-state index in [2.05, 4.69) is 43.4 Å². The van der Waals surface area contributed by atoms with Crippen molar-refractivity contribution in [3.63, 3.8) is 0 Å². The van der Waals surface area contributed by atoms with Gasteiger partial charge in [0.15, 0.2) is 11.5 Å².